The monoisotopic (exact) mass is 214 g/mol. The molecule has 0 unspecified atom stereocenters. The largest absolute Gasteiger partial charge is 0.349 e. The summed E-state index contributed by atoms with van der Waals surface area (Å²) in [5.41, 5.74) is 1.37. The van der Waals surface area contributed by atoms with Crippen molar-refractivity contribution in [3.05, 3.63) is 48.0 Å². The van der Waals surface area contributed by atoms with Crippen molar-refractivity contribution in [2.75, 3.05) is 5.32 Å². The first-order chi connectivity index (χ1) is 7.88. The Bertz CT molecular complexity index is 455. The van der Waals surface area contributed by atoms with Crippen molar-refractivity contribution in [2.45, 2.75) is 6.54 Å². The summed E-state index contributed by atoms with van der Waals surface area (Å²) in [6, 6.07) is 5.69. The summed E-state index contributed by atoms with van der Waals surface area (Å²) in [7, 11) is 0. The van der Waals surface area contributed by atoms with Gasteiger partial charge in [0.05, 0.1) is 17.8 Å². The minimum absolute atomic E-state index is 0.461. The van der Waals surface area contributed by atoms with Gasteiger partial charge in [-0.25, -0.2) is 9.97 Å². The maximum atomic E-state index is 10.4. The van der Waals surface area contributed by atoms with Gasteiger partial charge < -0.3 is 5.32 Å². The summed E-state index contributed by atoms with van der Waals surface area (Å²) < 4.78 is 0. The quantitative estimate of drug-likeness (QED) is 0.777. The summed E-state index contributed by atoms with van der Waals surface area (Å²) in [6.45, 7) is 0.557. The van der Waals surface area contributed by atoms with E-state index < -0.39 is 0 Å². The van der Waals surface area contributed by atoms with E-state index >= 15 is 0 Å². The van der Waals surface area contributed by atoms with Crippen LogP contribution in [0.1, 0.15) is 16.1 Å². The van der Waals surface area contributed by atoms with E-state index in [4.69, 9.17) is 0 Å². The third-order valence-corrected chi connectivity index (χ3v) is 1.96. The van der Waals surface area contributed by atoms with E-state index in [2.05, 4.69) is 20.3 Å². The number of carbonyl (C=O) groups is 1. The molecule has 0 saturated heterocycles. The first-order valence-corrected chi connectivity index (χ1v) is 4.79. The molecule has 1 N–H and O–H groups in total. The average Bonchev–Trinajstić information content (AvgIpc) is 2.38. The van der Waals surface area contributed by atoms with Crippen LogP contribution in [0, 0.1) is 0 Å². The highest BCUT2D eigenvalue weighted by Crippen LogP contribution is 2.01. The molecular formula is C11H10N4O. The van der Waals surface area contributed by atoms with Gasteiger partial charge in [-0.15, -0.1) is 0 Å². The number of anilines is 1. The van der Waals surface area contributed by atoms with E-state index in [1.165, 1.54) is 12.4 Å². The molecule has 5 nitrogen and oxygen atoms in total. The average molecular weight is 214 g/mol. The topological polar surface area (TPSA) is 67.8 Å². The highest BCUT2D eigenvalue weighted by atomic mass is 16.1. The zero-order valence-electron chi connectivity index (χ0n) is 8.50. The Balaban J connectivity index is 1.97. The van der Waals surface area contributed by atoms with E-state index in [9.17, 15) is 4.79 Å². The fourth-order valence-electron chi connectivity index (χ4n) is 1.16. The predicted octanol–water partition coefficient (Wildman–Crippen LogP) is 1.30. The molecule has 2 rings (SSSR count). The Hall–Kier alpha value is -2.30. The summed E-state index contributed by atoms with van der Waals surface area (Å²) in [6.07, 6.45) is 5.39. The Morgan fingerprint density at radius 2 is 2.00 bits per heavy atom. The molecule has 0 radical (unpaired) electrons. The van der Waals surface area contributed by atoms with Crippen molar-refractivity contribution in [1.29, 1.82) is 0 Å². The smallest absolute Gasteiger partial charge is 0.222 e. The first kappa shape index (κ1) is 10.2. The van der Waals surface area contributed by atoms with Crippen LogP contribution in [0.5, 0.6) is 0 Å². The molecule has 5 heteroatoms. The number of pyridine rings is 1. The van der Waals surface area contributed by atoms with Gasteiger partial charge in [0.2, 0.25) is 5.95 Å². The second-order valence-corrected chi connectivity index (χ2v) is 3.13. The predicted molar refractivity (Wildman–Crippen MR) is 59.0 cm³/mol. The van der Waals surface area contributed by atoms with Gasteiger partial charge in [-0.1, -0.05) is 6.07 Å². The third kappa shape index (κ3) is 2.60. The van der Waals surface area contributed by atoms with Gasteiger partial charge in [-0.3, -0.25) is 9.78 Å². The zero-order valence-corrected chi connectivity index (χ0v) is 8.50. The summed E-state index contributed by atoms with van der Waals surface area (Å²) in [4.78, 5) is 22.5. The van der Waals surface area contributed by atoms with Crippen LogP contribution in [0.25, 0.3) is 0 Å². The minimum Gasteiger partial charge on any atom is -0.349 e. The van der Waals surface area contributed by atoms with E-state index in [-0.39, 0.29) is 0 Å². The Morgan fingerprint density at radius 3 is 2.62 bits per heavy atom. The van der Waals surface area contributed by atoms with Gasteiger partial charge in [0, 0.05) is 18.6 Å². The summed E-state index contributed by atoms with van der Waals surface area (Å²) in [5.74, 6) is 0.483. The summed E-state index contributed by atoms with van der Waals surface area (Å²) in [5, 5.41) is 3.01. The lowest BCUT2D eigenvalue weighted by Crippen LogP contribution is -2.04. The normalized spacial score (nSPS) is 9.75. The van der Waals surface area contributed by atoms with Gasteiger partial charge in [0.25, 0.3) is 0 Å². The number of hydrogen-bond acceptors (Lipinski definition) is 5. The van der Waals surface area contributed by atoms with Gasteiger partial charge in [-0.05, 0) is 12.1 Å². The van der Waals surface area contributed by atoms with Crippen LogP contribution in [0.3, 0.4) is 0 Å². The van der Waals surface area contributed by atoms with E-state index in [0.29, 0.717) is 24.3 Å². The molecule has 2 heterocycles. The number of aldehydes is 1. The number of carbonyl (C=O) groups excluding carboxylic acids is 1. The van der Waals surface area contributed by atoms with Crippen molar-refractivity contribution >= 4 is 12.2 Å². The maximum Gasteiger partial charge on any atom is 0.222 e. The van der Waals surface area contributed by atoms with Gasteiger partial charge in [0.15, 0.2) is 6.29 Å². The van der Waals surface area contributed by atoms with Crippen LogP contribution in [-0.2, 0) is 6.54 Å². The lowest BCUT2D eigenvalue weighted by molar-refractivity contribution is 0.112. The van der Waals surface area contributed by atoms with Crippen LogP contribution in [-0.4, -0.2) is 21.2 Å². The fourth-order valence-corrected chi connectivity index (χ4v) is 1.16. The second-order valence-electron chi connectivity index (χ2n) is 3.13. The van der Waals surface area contributed by atoms with E-state index in [1.54, 1.807) is 6.20 Å². The van der Waals surface area contributed by atoms with Crippen LogP contribution < -0.4 is 5.32 Å². The number of aromatic nitrogens is 3. The van der Waals surface area contributed by atoms with Gasteiger partial charge in [-0.2, -0.15) is 0 Å². The molecule has 0 aliphatic heterocycles. The van der Waals surface area contributed by atoms with Crippen molar-refractivity contribution in [3.63, 3.8) is 0 Å². The van der Waals surface area contributed by atoms with Gasteiger partial charge in [0.1, 0.15) is 0 Å². The molecule has 0 saturated carbocycles. The highest BCUT2D eigenvalue weighted by molar-refractivity contribution is 5.73. The molecule has 2 aromatic rings. The lowest BCUT2D eigenvalue weighted by atomic mass is 10.3. The van der Waals surface area contributed by atoms with Crippen LogP contribution in [0.4, 0.5) is 5.95 Å². The minimum atomic E-state index is 0.461. The lowest BCUT2D eigenvalue weighted by Gasteiger charge is -2.03. The number of nitrogens with one attached hydrogen (secondary N) is 1. The van der Waals surface area contributed by atoms with Gasteiger partial charge >= 0.3 is 0 Å². The number of hydrogen-bond donors (Lipinski definition) is 1. The van der Waals surface area contributed by atoms with Crippen molar-refractivity contribution in [2.24, 2.45) is 0 Å². The molecule has 0 amide bonds. The Morgan fingerprint density at radius 1 is 1.19 bits per heavy atom. The molecular weight excluding hydrogens is 204 g/mol. The molecule has 0 aromatic carbocycles. The SMILES string of the molecule is O=Cc1cnc(NCc2ccccn2)nc1. The van der Waals surface area contributed by atoms with Crippen LogP contribution in [0.15, 0.2) is 36.8 Å². The van der Waals surface area contributed by atoms with Crippen molar-refractivity contribution in [1.82, 2.24) is 15.0 Å². The molecule has 80 valence electrons. The molecule has 0 aliphatic rings. The zero-order chi connectivity index (χ0) is 11.2. The second kappa shape index (κ2) is 4.97. The standard InChI is InChI=1S/C11H10N4O/c16-8-9-5-13-11(14-6-9)15-7-10-3-1-2-4-12-10/h1-6,8H,7H2,(H,13,14,15). The molecule has 2 aromatic heterocycles. The van der Waals surface area contributed by atoms with Crippen molar-refractivity contribution in [3.8, 4) is 0 Å². The molecule has 0 bridgehead atoms. The Labute approximate surface area is 92.6 Å². The van der Waals surface area contributed by atoms with E-state index in [0.717, 1.165) is 5.69 Å². The number of nitrogens with zero attached hydrogens (tertiary/aromatic N) is 3. The molecule has 0 atom stereocenters. The van der Waals surface area contributed by atoms with Crippen molar-refractivity contribution < 1.29 is 4.79 Å². The highest BCUT2D eigenvalue weighted by Gasteiger charge is 1.97. The number of rotatable bonds is 4. The van der Waals surface area contributed by atoms with Crippen LogP contribution in [0.2, 0.25) is 0 Å². The van der Waals surface area contributed by atoms with Crippen LogP contribution >= 0.6 is 0 Å². The third-order valence-electron chi connectivity index (χ3n) is 1.96. The molecule has 0 spiro atoms. The van der Waals surface area contributed by atoms with E-state index in [1.807, 2.05) is 18.2 Å². The summed E-state index contributed by atoms with van der Waals surface area (Å²) >= 11 is 0. The molecule has 0 aliphatic carbocycles. The first-order valence-electron chi connectivity index (χ1n) is 4.79. The Kier molecular flexibility index (Phi) is 3.18. The molecule has 0 fully saturated rings. The maximum absolute atomic E-state index is 10.4. The molecule has 16 heavy (non-hydrogen) atoms. The fraction of sp³-hybridized carbons (Fsp3) is 0.0909.